The molecule has 0 amide bonds. The molecular weight excluding hydrogens is 308 g/mol. The van der Waals surface area contributed by atoms with E-state index in [2.05, 4.69) is 31.6 Å². The average Bonchev–Trinajstić information content (AvgIpc) is 2.91. The van der Waals surface area contributed by atoms with Crippen LogP contribution in [0.25, 0.3) is 0 Å². The largest absolute Gasteiger partial charge is 0.492 e. The lowest BCUT2D eigenvalue weighted by Gasteiger charge is -2.07. The molecule has 1 heterocycles. The van der Waals surface area contributed by atoms with Gasteiger partial charge in [-0.1, -0.05) is 27.2 Å². The van der Waals surface area contributed by atoms with Gasteiger partial charge in [0.05, 0.1) is 6.20 Å². The van der Waals surface area contributed by atoms with E-state index in [9.17, 15) is 0 Å². The number of hydrogen-bond donors (Lipinski definition) is 1. The summed E-state index contributed by atoms with van der Waals surface area (Å²) < 4.78 is 8.49. The molecule has 0 saturated heterocycles. The summed E-state index contributed by atoms with van der Waals surface area (Å²) >= 11 is 3.42. The second-order valence-corrected chi connectivity index (χ2v) is 4.99. The molecule has 0 aliphatic rings. The maximum absolute atomic E-state index is 5.62. The molecule has 0 saturated carbocycles. The summed E-state index contributed by atoms with van der Waals surface area (Å²) in [4.78, 5) is 0. The van der Waals surface area contributed by atoms with Gasteiger partial charge in [-0.3, -0.25) is 4.68 Å². The van der Waals surface area contributed by atoms with Gasteiger partial charge in [0.2, 0.25) is 0 Å². The highest BCUT2D eigenvalue weighted by Gasteiger charge is 1.95. The normalized spacial score (nSPS) is 10.6. The zero-order valence-electron chi connectivity index (χ0n) is 10.6. The number of halogens is 1. The first-order valence-electron chi connectivity index (χ1n) is 6.28. The van der Waals surface area contributed by atoms with Gasteiger partial charge in [0.15, 0.2) is 0 Å². The molecule has 1 aromatic heterocycles. The molecule has 0 radical (unpaired) electrons. The highest BCUT2D eigenvalue weighted by molar-refractivity contribution is 9.10. The summed E-state index contributed by atoms with van der Waals surface area (Å²) in [5.41, 5.74) is 0. The Morgan fingerprint density at radius 2 is 2.26 bits per heavy atom. The van der Waals surface area contributed by atoms with E-state index in [4.69, 9.17) is 4.74 Å². The number of aromatic nitrogens is 3. The molecule has 6 heteroatoms. The quantitative estimate of drug-likeness (QED) is 0.755. The summed E-state index contributed by atoms with van der Waals surface area (Å²) in [6.07, 6.45) is 4.59. The van der Waals surface area contributed by atoms with Crippen LogP contribution < -0.4 is 10.1 Å². The van der Waals surface area contributed by atoms with Gasteiger partial charge in [-0.2, -0.15) is 0 Å². The third-order valence-corrected chi connectivity index (χ3v) is 3.05. The van der Waals surface area contributed by atoms with Gasteiger partial charge in [0.1, 0.15) is 12.4 Å². The van der Waals surface area contributed by atoms with Gasteiger partial charge in [0.25, 0.3) is 0 Å². The van der Waals surface area contributed by atoms with Crippen LogP contribution in [0, 0.1) is 0 Å². The van der Waals surface area contributed by atoms with Crippen LogP contribution in [0.5, 0.6) is 5.75 Å². The number of ether oxygens (including phenoxy) is 1. The number of nitrogens with zero attached hydrogens (tertiary/aromatic N) is 3. The van der Waals surface area contributed by atoms with E-state index in [1.165, 1.54) is 0 Å². The van der Waals surface area contributed by atoms with E-state index in [0.717, 1.165) is 36.3 Å². The molecule has 102 valence electrons. The molecule has 1 N–H and O–H groups in total. The number of hydrogen-bond acceptors (Lipinski definition) is 4. The molecule has 19 heavy (non-hydrogen) atoms. The lowest BCUT2D eigenvalue weighted by atomic mass is 10.3. The lowest BCUT2D eigenvalue weighted by Crippen LogP contribution is -2.23. The fourth-order valence-corrected chi connectivity index (χ4v) is 2.02. The van der Waals surface area contributed by atoms with E-state index >= 15 is 0 Å². The zero-order valence-corrected chi connectivity index (χ0v) is 12.2. The molecular formula is C13H17BrN4O. The Morgan fingerprint density at radius 3 is 3.05 bits per heavy atom. The first kappa shape index (κ1) is 14.0. The molecule has 0 fully saturated rings. The Hall–Kier alpha value is -1.40. The third-order valence-electron chi connectivity index (χ3n) is 2.56. The molecule has 0 bridgehead atoms. The van der Waals surface area contributed by atoms with E-state index in [1.807, 2.05) is 35.1 Å². The molecule has 0 unspecified atom stereocenters. The van der Waals surface area contributed by atoms with Crippen LogP contribution in [-0.4, -0.2) is 34.7 Å². The molecule has 2 rings (SSSR count). The van der Waals surface area contributed by atoms with Gasteiger partial charge < -0.3 is 10.1 Å². The molecule has 5 nitrogen and oxygen atoms in total. The number of aryl methyl sites for hydroxylation is 1. The topological polar surface area (TPSA) is 52.0 Å². The minimum absolute atomic E-state index is 0.666. The van der Waals surface area contributed by atoms with Gasteiger partial charge in [-0.05, 0) is 31.2 Å². The maximum Gasteiger partial charge on any atom is 0.120 e. The van der Waals surface area contributed by atoms with E-state index < -0.39 is 0 Å². The van der Waals surface area contributed by atoms with Crippen molar-refractivity contribution in [2.45, 2.75) is 13.0 Å². The van der Waals surface area contributed by atoms with Crippen molar-refractivity contribution in [2.75, 3.05) is 19.7 Å². The van der Waals surface area contributed by atoms with Crippen molar-refractivity contribution in [3.8, 4) is 5.75 Å². The fourth-order valence-electron chi connectivity index (χ4n) is 1.64. The van der Waals surface area contributed by atoms with E-state index in [0.29, 0.717) is 6.61 Å². The SMILES string of the molecule is Brc1cccc(OCCNCCCn2ccnn2)c1. The van der Waals surface area contributed by atoms with Crippen LogP contribution in [0.15, 0.2) is 41.1 Å². The molecule has 0 atom stereocenters. The average molecular weight is 325 g/mol. The van der Waals surface area contributed by atoms with Crippen molar-refractivity contribution < 1.29 is 4.74 Å². The molecule has 0 spiro atoms. The number of nitrogens with one attached hydrogen (secondary N) is 1. The Bertz CT molecular complexity index is 475. The van der Waals surface area contributed by atoms with Crippen molar-refractivity contribution in [2.24, 2.45) is 0 Å². The Kier molecular flexibility index (Phi) is 5.84. The second-order valence-electron chi connectivity index (χ2n) is 4.08. The van der Waals surface area contributed by atoms with Crippen LogP contribution in [0.3, 0.4) is 0 Å². The predicted molar refractivity (Wildman–Crippen MR) is 77.1 cm³/mol. The van der Waals surface area contributed by atoms with Crippen LogP contribution in [-0.2, 0) is 6.54 Å². The minimum Gasteiger partial charge on any atom is -0.492 e. The smallest absolute Gasteiger partial charge is 0.120 e. The molecule has 0 aliphatic heterocycles. The van der Waals surface area contributed by atoms with Gasteiger partial charge in [-0.15, -0.1) is 5.10 Å². The van der Waals surface area contributed by atoms with Gasteiger partial charge in [0, 0.05) is 23.8 Å². The lowest BCUT2D eigenvalue weighted by molar-refractivity contribution is 0.313. The number of rotatable bonds is 8. The first-order chi connectivity index (χ1) is 9.34. The summed E-state index contributed by atoms with van der Waals surface area (Å²) in [5, 5.41) is 11.0. The highest BCUT2D eigenvalue weighted by Crippen LogP contribution is 2.17. The minimum atomic E-state index is 0.666. The van der Waals surface area contributed by atoms with E-state index in [1.54, 1.807) is 6.20 Å². The second kappa shape index (κ2) is 7.91. The first-order valence-corrected chi connectivity index (χ1v) is 7.07. The summed E-state index contributed by atoms with van der Waals surface area (Å²) in [5.74, 6) is 0.888. The third kappa shape index (κ3) is 5.40. The van der Waals surface area contributed by atoms with Crippen molar-refractivity contribution in [3.63, 3.8) is 0 Å². The molecule has 2 aromatic rings. The number of benzene rings is 1. The van der Waals surface area contributed by atoms with Crippen molar-refractivity contribution >= 4 is 15.9 Å². The Labute approximate surface area is 121 Å². The Balaban J connectivity index is 1.50. The van der Waals surface area contributed by atoms with Crippen LogP contribution in [0.2, 0.25) is 0 Å². The molecule has 1 aromatic carbocycles. The summed E-state index contributed by atoms with van der Waals surface area (Å²) in [6.45, 7) is 3.34. The van der Waals surface area contributed by atoms with E-state index in [-0.39, 0.29) is 0 Å². The highest BCUT2D eigenvalue weighted by atomic mass is 79.9. The van der Waals surface area contributed by atoms with Crippen LogP contribution in [0.4, 0.5) is 0 Å². The van der Waals surface area contributed by atoms with Crippen molar-refractivity contribution in [1.29, 1.82) is 0 Å². The van der Waals surface area contributed by atoms with Gasteiger partial charge >= 0.3 is 0 Å². The van der Waals surface area contributed by atoms with Crippen molar-refractivity contribution in [3.05, 3.63) is 41.1 Å². The van der Waals surface area contributed by atoms with Gasteiger partial charge in [-0.25, -0.2) is 0 Å². The molecule has 0 aliphatic carbocycles. The summed E-state index contributed by atoms with van der Waals surface area (Å²) in [6, 6.07) is 7.86. The monoisotopic (exact) mass is 324 g/mol. The fraction of sp³-hybridized carbons (Fsp3) is 0.385. The summed E-state index contributed by atoms with van der Waals surface area (Å²) in [7, 11) is 0. The standard InChI is InChI=1S/C13H17BrN4O/c14-12-3-1-4-13(11-12)19-10-7-15-5-2-8-18-9-6-16-17-18/h1,3-4,6,9,11,15H,2,5,7-8,10H2. The Morgan fingerprint density at radius 1 is 1.32 bits per heavy atom. The van der Waals surface area contributed by atoms with Crippen LogP contribution >= 0.6 is 15.9 Å². The van der Waals surface area contributed by atoms with Crippen LogP contribution in [0.1, 0.15) is 6.42 Å². The zero-order chi connectivity index (χ0) is 13.3. The van der Waals surface area contributed by atoms with Crippen molar-refractivity contribution in [1.82, 2.24) is 20.3 Å². The predicted octanol–water partition coefficient (Wildman–Crippen LogP) is 2.10. The maximum atomic E-state index is 5.62.